The molecule has 9 nitrogen and oxygen atoms in total. The van der Waals surface area contributed by atoms with E-state index in [1.165, 1.54) is 10.5 Å². The van der Waals surface area contributed by atoms with Crippen molar-refractivity contribution >= 4 is 56.2 Å². The van der Waals surface area contributed by atoms with Crippen LogP contribution in [0.15, 0.2) is 18.3 Å². The van der Waals surface area contributed by atoms with Crippen molar-refractivity contribution in [1.29, 1.82) is 0 Å². The number of halogens is 1. The molecule has 0 bridgehead atoms. The van der Waals surface area contributed by atoms with E-state index < -0.39 is 10.2 Å². The van der Waals surface area contributed by atoms with E-state index >= 15 is 0 Å². The second-order valence-electron chi connectivity index (χ2n) is 5.46. The van der Waals surface area contributed by atoms with Gasteiger partial charge in [-0.2, -0.15) is 22.8 Å². The topological polar surface area (TPSA) is 133 Å². The standard InChI is InChI=1S/C13H15N7O2S.ClH/c14-12-11-8-7-16-20(23(21,22)19-5-1-2-6-19)10(8)4-3-9(11)17-13(15)18-12;/h3-4,7H,1-2,5-6H2,(H4,14,15,17,18);1H. The van der Waals surface area contributed by atoms with Crippen molar-refractivity contribution in [3.8, 4) is 0 Å². The number of nitrogen functional groups attached to an aromatic ring is 2. The van der Waals surface area contributed by atoms with Crippen LogP contribution in [0.25, 0.3) is 21.8 Å². The molecule has 0 saturated carbocycles. The number of hydrogen-bond acceptors (Lipinski definition) is 7. The Bertz CT molecular complexity index is 1030. The van der Waals surface area contributed by atoms with E-state index in [9.17, 15) is 8.42 Å². The third-order valence-electron chi connectivity index (χ3n) is 4.03. The zero-order chi connectivity index (χ0) is 16.2. The van der Waals surface area contributed by atoms with Crippen molar-refractivity contribution in [3.05, 3.63) is 18.3 Å². The lowest BCUT2D eigenvalue weighted by Gasteiger charge is -2.15. The molecule has 4 rings (SSSR count). The fourth-order valence-electron chi connectivity index (χ4n) is 2.97. The Morgan fingerprint density at radius 2 is 1.79 bits per heavy atom. The molecule has 11 heteroatoms. The minimum Gasteiger partial charge on any atom is -0.383 e. The van der Waals surface area contributed by atoms with Crippen LogP contribution in [-0.4, -0.2) is 45.0 Å². The van der Waals surface area contributed by atoms with Gasteiger partial charge < -0.3 is 11.5 Å². The van der Waals surface area contributed by atoms with Gasteiger partial charge in [-0.25, -0.2) is 4.98 Å². The summed E-state index contributed by atoms with van der Waals surface area (Å²) >= 11 is 0. The SMILES string of the molecule is Cl.Nc1nc(N)c2c(ccc3c2cnn3S(=O)(=O)N2CCCC2)n1. The Hall–Kier alpha value is -2.17. The van der Waals surface area contributed by atoms with Crippen LogP contribution in [-0.2, 0) is 10.2 Å². The predicted octanol–water partition coefficient (Wildman–Crippen LogP) is 0.754. The van der Waals surface area contributed by atoms with Gasteiger partial charge in [0.1, 0.15) is 5.82 Å². The number of nitrogens with zero attached hydrogens (tertiary/aromatic N) is 5. The van der Waals surface area contributed by atoms with Gasteiger partial charge in [0.25, 0.3) is 0 Å². The fourth-order valence-corrected chi connectivity index (χ4v) is 4.48. The van der Waals surface area contributed by atoms with Gasteiger partial charge in [0.2, 0.25) is 5.95 Å². The van der Waals surface area contributed by atoms with Crippen LogP contribution in [0.5, 0.6) is 0 Å². The van der Waals surface area contributed by atoms with E-state index in [4.69, 9.17) is 11.5 Å². The van der Waals surface area contributed by atoms with Crippen molar-refractivity contribution in [2.45, 2.75) is 12.8 Å². The van der Waals surface area contributed by atoms with E-state index in [0.717, 1.165) is 16.9 Å². The molecular weight excluding hydrogens is 354 g/mol. The zero-order valence-corrected chi connectivity index (χ0v) is 14.2. The lowest BCUT2D eigenvalue weighted by Crippen LogP contribution is -2.33. The second-order valence-corrected chi connectivity index (χ2v) is 7.22. The lowest BCUT2D eigenvalue weighted by molar-refractivity contribution is 0.465. The molecule has 0 spiro atoms. The zero-order valence-electron chi connectivity index (χ0n) is 12.6. The Kier molecular flexibility index (Phi) is 3.98. The largest absolute Gasteiger partial charge is 0.383 e. The maximum Gasteiger partial charge on any atom is 0.323 e. The van der Waals surface area contributed by atoms with Crippen molar-refractivity contribution in [1.82, 2.24) is 23.5 Å². The molecule has 1 aliphatic rings. The predicted molar refractivity (Wildman–Crippen MR) is 94.0 cm³/mol. The van der Waals surface area contributed by atoms with Gasteiger partial charge in [-0.15, -0.1) is 16.5 Å². The molecule has 0 atom stereocenters. The lowest BCUT2D eigenvalue weighted by atomic mass is 10.1. The summed E-state index contributed by atoms with van der Waals surface area (Å²) in [5, 5.41) is 5.21. The third-order valence-corrected chi connectivity index (χ3v) is 5.78. The number of fused-ring (bicyclic) bond motifs is 3. The number of rotatable bonds is 2. The highest BCUT2D eigenvalue weighted by atomic mass is 35.5. The maximum atomic E-state index is 12.7. The van der Waals surface area contributed by atoms with Gasteiger partial charge in [0.15, 0.2) is 0 Å². The van der Waals surface area contributed by atoms with Gasteiger partial charge >= 0.3 is 10.2 Å². The van der Waals surface area contributed by atoms with Crippen LogP contribution in [0.1, 0.15) is 12.8 Å². The number of benzene rings is 1. The molecule has 128 valence electrons. The molecule has 0 unspecified atom stereocenters. The molecule has 3 aromatic rings. The average Bonchev–Trinajstić information content (AvgIpc) is 3.16. The van der Waals surface area contributed by atoms with Crippen LogP contribution in [0.3, 0.4) is 0 Å². The molecule has 0 amide bonds. The summed E-state index contributed by atoms with van der Waals surface area (Å²) in [6, 6.07) is 3.33. The summed E-state index contributed by atoms with van der Waals surface area (Å²) in [6.07, 6.45) is 3.20. The average molecular weight is 370 g/mol. The molecule has 24 heavy (non-hydrogen) atoms. The van der Waals surface area contributed by atoms with Crippen molar-refractivity contribution in [2.75, 3.05) is 24.6 Å². The smallest absolute Gasteiger partial charge is 0.323 e. The van der Waals surface area contributed by atoms with Crippen molar-refractivity contribution in [3.63, 3.8) is 0 Å². The molecule has 4 N–H and O–H groups in total. The van der Waals surface area contributed by atoms with Crippen LogP contribution >= 0.6 is 12.4 Å². The summed E-state index contributed by atoms with van der Waals surface area (Å²) in [5.74, 6) is 0.280. The number of hydrogen-bond donors (Lipinski definition) is 2. The highest BCUT2D eigenvalue weighted by Gasteiger charge is 2.29. The molecule has 3 heterocycles. The Balaban J connectivity index is 0.00000169. The third kappa shape index (κ3) is 2.34. The number of aromatic nitrogens is 4. The quantitative estimate of drug-likeness (QED) is 0.680. The van der Waals surface area contributed by atoms with Gasteiger partial charge in [-0.3, -0.25) is 0 Å². The molecule has 0 aliphatic carbocycles. The minimum atomic E-state index is -3.68. The molecule has 0 radical (unpaired) electrons. The first-order valence-electron chi connectivity index (χ1n) is 7.18. The highest BCUT2D eigenvalue weighted by molar-refractivity contribution is 7.87. The van der Waals surface area contributed by atoms with Crippen LogP contribution in [0, 0.1) is 0 Å². The summed E-state index contributed by atoms with van der Waals surface area (Å²) in [7, 11) is -3.68. The van der Waals surface area contributed by atoms with Crippen LogP contribution in [0.4, 0.5) is 11.8 Å². The van der Waals surface area contributed by atoms with E-state index in [1.54, 1.807) is 12.1 Å². The molecule has 2 aromatic heterocycles. The summed E-state index contributed by atoms with van der Waals surface area (Å²) < 4.78 is 27.9. The summed E-state index contributed by atoms with van der Waals surface area (Å²) in [6.45, 7) is 1.03. The van der Waals surface area contributed by atoms with Crippen molar-refractivity contribution < 1.29 is 8.42 Å². The van der Waals surface area contributed by atoms with Crippen LogP contribution in [0.2, 0.25) is 0 Å². The van der Waals surface area contributed by atoms with Crippen LogP contribution < -0.4 is 11.5 Å². The van der Waals surface area contributed by atoms with Gasteiger partial charge in [-0.05, 0) is 25.0 Å². The van der Waals surface area contributed by atoms with Gasteiger partial charge in [-0.1, -0.05) is 0 Å². The summed E-state index contributed by atoms with van der Waals surface area (Å²) in [4.78, 5) is 8.07. The molecular formula is C13H16ClN7O2S. The fraction of sp³-hybridized carbons (Fsp3) is 0.308. The number of anilines is 2. The minimum absolute atomic E-state index is 0. The number of nitrogens with two attached hydrogens (primary N) is 2. The summed E-state index contributed by atoms with van der Waals surface area (Å²) in [5.41, 5.74) is 12.5. The molecule has 1 aromatic carbocycles. The normalized spacial score (nSPS) is 15.8. The highest BCUT2D eigenvalue weighted by Crippen LogP contribution is 2.29. The maximum absolute atomic E-state index is 12.7. The van der Waals surface area contributed by atoms with E-state index in [2.05, 4.69) is 15.1 Å². The van der Waals surface area contributed by atoms with E-state index in [1.807, 2.05) is 0 Å². The first-order chi connectivity index (χ1) is 11.0. The molecule has 1 aliphatic heterocycles. The van der Waals surface area contributed by atoms with Crippen molar-refractivity contribution in [2.24, 2.45) is 0 Å². The van der Waals surface area contributed by atoms with E-state index in [-0.39, 0.29) is 24.2 Å². The monoisotopic (exact) mass is 369 g/mol. The molecule has 1 saturated heterocycles. The first-order valence-corrected chi connectivity index (χ1v) is 8.58. The first kappa shape index (κ1) is 16.7. The Morgan fingerprint density at radius 3 is 2.50 bits per heavy atom. The molecule has 1 fully saturated rings. The van der Waals surface area contributed by atoms with Gasteiger partial charge in [0, 0.05) is 18.5 Å². The second kappa shape index (κ2) is 5.72. The van der Waals surface area contributed by atoms with Gasteiger partial charge in [0.05, 0.1) is 22.6 Å². The Morgan fingerprint density at radius 1 is 1.08 bits per heavy atom. The van der Waals surface area contributed by atoms with E-state index in [0.29, 0.717) is 34.9 Å². The Labute approximate surface area is 144 Å².